The fourth-order valence-corrected chi connectivity index (χ4v) is 5.13. The number of carbonyl (C=O) groups excluding carboxylic acids is 1. The summed E-state index contributed by atoms with van der Waals surface area (Å²) in [5.74, 6) is 1.20. The number of amides is 1. The van der Waals surface area contributed by atoms with Crippen LogP contribution in [-0.2, 0) is 17.6 Å². The van der Waals surface area contributed by atoms with Crippen molar-refractivity contribution < 1.29 is 4.79 Å². The summed E-state index contributed by atoms with van der Waals surface area (Å²) in [6.07, 6.45) is 3.14. The number of anilines is 2. The number of fused-ring (bicyclic) bond motifs is 3. The highest BCUT2D eigenvalue weighted by Crippen LogP contribution is 2.36. The fourth-order valence-electron chi connectivity index (χ4n) is 3.74. The first-order chi connectivity index (χ1) is 13.4. The highest BCUT2D eigenvalue weighted by atomic mass is 32.1. The Bertz CT molecular complexity index is 1080. The number of nitrogens with one attached hydrogen (secondary N) is 3. The summed E-state index contributed by atoms with van der Waals surface area (Å²) < 4.78 is 0. The van der Waals surface area contributed by atoms with E-state index in [1.54, 1.807) is 11.3 Å². The van der Waals surface area contributed by atoms with Crippen LogP contribution in [0.15, 0.2) is 29.1 Å². The maximum Gasteiger partial charge on any atom is 0.259 e. The number of thiophene rings is 1. The van der Waals surface area contributed by atoms with Crippen LogP contribution in [0, 0.1) is 5.92 Å². The number of benzene rings is 1. The first-order valence-electron chi connectivity index (χ1n) is 9.59. The van der Waals surface area contributed by atoms with Crippen molar-refractivity contribution in [2.24, 2.45) is 5.92 Å². The third-order valence-electron chi connectivity index (χ3n) is 5.18. The number of hydrogen-bond donors (Lipinski definition) is 3. The van der Waals surface area contributed by atoms with E-state index in [-0.39, 0.29) is 17.5 Å². The molecule has 28 heavy (non-hydrogen) atoms. The number of hydrogen-bond acceptors (Lipinski definition) is 5. The molecule has 0 aliphatic heterocycles. The van der Waals surface area contributed by atoms with Gasteiger partial charge < -0.3 is 15.6 Å². The summed E-state index contributed by atoms with van der Waals surface area (Å²) in [4.78, 5) is 33.8. The van der Waals surface area contributed by atoms with E-state index in [0.29, 0.717) is 11.7 Å². The molecule has 3 N–H and O–H groups in total. The van der Waals surface area contributed by atoms with Gasteiger partial charge in [0.1, 0.15) is 10.7 Å². The Hall–Kier alpha value is -2.67. The second-order valence-electron chi connectivity index (χ2n) is 7.61. The quantitative estimate of drug-likeness (QED) is 0.616. The Balaban J connectivity index is 1.58. The summed E-state index contributed by atoms with van der Waals surface area (Å²) in [7, 11) is 0. The molecule has 4 rings (SSSR count). The summed E-state index contributed by atoms with van der Waals surface area (Å²) >= 11 is 1.66. The molecular weight excluding hydrogens is 372 g/mol. The monoisotopic (exact) mass is 396 g/mol. The van der Waals surface area contributed by atoms with Crippen LogP contribution < -0.4 is 16.2 Å². The van der Waals surface area contributed by atoms with Gasteiger partial charge in [0.05, 0.1) is 11.4 Å². The van der Waals surface area contributed by atoms with Crippen molar-refractivity contribution in [1.29, 1.82) is 0 Å². The molecule has 1 aliphatic carbocycles. The van der Waals surface area contributed by atoms with E-state index in [4.69, 9.17) is 4.98 Å². The third kappa shape index (κ3) is 3.67. The van der Waals surface area contributed by atoms with Crippen LogP contribution in [0.3, 0.4) is 0 Å². The highest BCUT2D eigenvalue weighted by molar-refractivity contribution is 7.18. The van der Waals surface area contributed by atoms with Gasteiger partial charge in [-0.05, 0) is 61.9 Å². The number of rotatable bonds is 4. The Morgan fingerprint density at radius 1 is 1.29 bits per heavy atom. The van der Waals surface area contributed by atoms with Crippen LogP contribution in [0.1, 0.15) is 49.5 Å². The van der Waals surface area contributed by atoms with Crippen LogP contribution in [0.25, 0.3) is 10.2 Å². The zero-order valence-electron chi connectivity index (χ0n) is 16.3. The van der Waals surface area contributed by atoms with Gasteiger partial charge in [0, 0.05) is 23.2 Å². The van der Waals surface area contributed by atoms with Crippen molar-refractivity contribution >= 4 is 38.8 Å². The standard InChI is InChI=1S/C21H24N4O2S/c1-11-4-9-16-17(10-11)28-21-18(16)20(27)24-19(25-21)12(2)22-14-5-7-15(8-6-14)23-13(3)26/h5-8,11-12,22H,4,9-10H2,1-3H3,(H,23,26)(H,24,25,27)/t11-,12+/m0/s1. The van der Waals surface area contributed by atoms with Gasteiger partial charge in [0.2, 0.25) is 5.91 Å². The first-order valence-corrected chi connectivity index (χ1v) is 10.4. The molecule has 0 spiro atoms. The van der Waals surface area contributed by atoms with E-state index >= 15 is 0 Å². The van der Waals surface area contributed by atoms with Gasteiger partial charge in [0.25, 0.3) is 5.56 Å². The minimum Gasteiger partial charge on any atom is -0.375 e. The lowest BCUT2D eigenvalue weighted by atomic mass is 9.89. The topological polar surface area (TPSA) is 86.9 Å². The lowest BCUT2D eigenvalue weighted by Gasteiger charge is -2.17. The molecule has 0 saturated carbocycles. The Kier molecular flexibility index (Phi) is 4.93. The SMILES string of the molecule is CC(=O)Nc1ccc(N[C@H](C)c2nc3sc4c(c3c(=O)[nH]2)CC[C@H](C)C4)cc1. The van der Waals surface area contributed by atoms with Gasteiger partial charge in [-0.3, -0.25) is 9.59 Å². The molecule has 7 heteroatoms. The number of aromatic amines is 1. The lowest BCUT2D eigenvalue weighted by Crippen LogP contribution is -2.18. The van der Waals surface area contributed by atoms with Crippen LogP contribution in [0.4, 0.5) is 11.4 Å². The van der Waals surface area contributed by atoms with E-state index in [2.05, 4.69) is 22.5 Å². The predicted molar refractivity (Wildman–Crippen MR) is 114 cm³/mol. The maximum atomic E-state index is 12.8. The van der Waals surface area contributed by atoms with E-state index in [0.717, 1.165) is 40.9 Å². The van der Waals surface area contributed by atoms with Gasteiger partial charge in [-0.15, -0.1) is 11.3 Å². The molecule has 2 atom stereocenters. The molecule has 0 radical (unpaired) electrons. The summed E-state index contributed by atoms with van der Waals surface area (Å²) in [6, 6.07) is 7.31. The molecule has 1 aromatic carbocycles. The average Bonchev–Trinajstić information content (AvgIpc) is 3.00. The number of nitrogens with zero attached hydrogens (tertiary/aromatic N) is 1. The van der Waals surface area contributed by atoms with Gasteiger partial charge in [-0.1, -0.05) is 6.92 Å². The molecule has 3 aromatic rings. The smallest absolute Gasteiger partial charge is 0.259 e. The van der Waals surface area contributed by atoms with Crippen molar-refractivity contribution in [2.75, 3.05) is 10.6 Å². The van der Waals surface area contributed by atoms with Gasteiger partial charge in [0.15, 0.2) is 0 Å². The molecular formula is C21H24N4O2S. The first kappa shape index (κ1) is 18.7. The predicted octanol–water partition coefficient (Wildman–Crippen LogP) is 4.24. The Labute approximate surface area is 167 Å². The Morgan fingerprint density at radius 3 is 2.71 bits per heavy atom. The maximum absolute atomic E-state index is 12.8. The largest absolute Gasteiger partial charge is 0.375 e. The Morgan fingerprint density at radius 2 is 2.00 bits per heavy atom. The number of aromatic nitrogens is 2. The molecule has 2 aromatic heterocycles. The van der Waals surface area contributed by atoms with Crippen LogP contribution in [0.5, 0.6) is 0 Å². The molecule has 0 fully saturated rings. The van der Waals surface area contributed by atoms with Crippen molar-refractivity contribution in [3.8, 4) is 0 Å². The van der Waals surface area contributed by atoms with Crippen LogP contribution in [-0.4, -0.2) is 15.9 Å². The van der Waals surface area contributed by atoms with Gasteiger partial charge in [-0.25, -0.2) is 4.98 Å². The van der Waals surface area contributed by atoms with Crippen molar-refractivity contribution in [3.63, 3.8) is 0 Å². The number of carbonyl (C=O) groups is 1. The number of aryl methyl sites for hydroxylation is 1. The molecule has 146 valence electrons. The third-order valence-corrected chi connectivity index (χ3v) is 6.33. The van der Waals surface area contributed by atoms with Crippen molar-refractivity contribution in [1.82, 2.24) is 9.97 Å². The molecule has 0 unspecified atom stereocenters. The van der Waals surface area contributed by atoms with E-state index < -0.39 is 0 Å². The average molecular weight is 397 g/mol. The zero-order chi connectivity index (χ0) is 19.8. The van der Waals surface area contributed by atoms with E-state index in [1.807, 2.05) is 31.2 Å². The second kappa shape index (κ2) is 7.39. The van der Waals surface area contributed by atoms with Crippen LogP contribution in [0.2, 0.25) is 0 Å². The molecule has 6 nitrogen and oxygen atoms in total. The molecule has 0 bridgehead atoms. The van der Waals surface area contributed by atoms with Gasteiger partial charge >= 0.3 is 0 Å². The summed E-state index contributed by atoms with van der Waals surface area (Å²) in [5.41, 5.74) is 2.80. The zero-order valence-corrected chi connectivity index (χ0v) is 17.1. The second-order valence-corrected chi connectivity index (χ2v) is 8.69. The normalized spacial score (nSPS) is 17.2. The molecule has 1 amide bonds. The number of H-pyrrole nitrogens is 1. The molecule has 1 aliphatic rings. The highest BCUT2D eigenvalue weighted by Gasteiger charge is 2.23. The van der Waals surface area contributed by atoms with Crippen molar-refractivity contribution in [2.45, 2.75) is 46.1 Å². The van der Waals surface area contributed by atoms with Crippen molar-refractivity contribution in [3.05, 3.63) is 50.9 Å². The lowest BCUT2D eigenvalue weighted by molar-refractivity contribution is -0.114. The summed E-state index contributed by atoms with van der Waals surface area (Å²) in [5, 5.41) is 6.88. The van der Waals surface area contributed by atoms with E-state index in [1.165, 1.54) is 17.4 Å². The summed E-state index contributed by atoms with van der Waals surface area (Å²) in [6.45, 7) is 5.72. The minimum absolute atomic E-state index is 0.0401. The van der Waals surface area contributed by atoms with Gasteiger partial charge in [-0.2, -0.15) is 0 Å². The fraction of sp³-hybridized carbons (Fsp3) is 0.381. The van der Waals surface area contributed by atoms with Crippen LogP contribution >= 0.6 is 11.3 Å². The minimum atomic E-state index is -0.151. The van der Waals surface area contributed by atoms with E-state index in [9.17, 15) is 9.59 Å². The molecule has 2 heterocycles. The molecule has 0 saturated heterocycles.